The van der Waals surface area contributed by atoms with Crippen LogP contribution in [0.4, 0.5) is 5.82 Å². The Morgan fingerprint density at radius 1 is 1.14 bits per heavy atom. The predicted molar refractivity (Wildman–Crippen MR) is 129 cm³/mol. The average molecular weight is 522 g/mol. The van der Waals surface area contributed by atoms with Gasteiger partial charge in [0.25, 0.3) is 0 Å². The number of benzene rings is 1. The third kappa shape index (κ3) is 4.17. The number of pyridine rings is 1. The summed E-state index contributed by atoms with van der Waals surface area (Å²) in [5, 5.41) is 0. The summed E-state index contributed by atoms with van der Waals surface area (Å²) in [5.41, 5.74) is 2.56. The molecule has 0 N–H and O–H groups in total. The Kier molecular flexibility index (Phi) is 5.89. The molecule has 2 aliphatic rings. The Labute approximate surface area is 189 Å². The van der Waals surface area contributed by atoms with Crippen LogP contribution in [-0.2, 0) is 15.7 Å². The van der Waals surface area contributed by atoms with Crippen molar-refractivity contribution in [1.29, 1.82) is 0 Å². The topological polar surface area (TPSA) is 43.8 Å². The van der Waals surface area contributed by atoms with Crippen molar-refractivity contribution >= 4 is 54.8 Å². The maximum Gasteiger partial charge on any atom is 0.496 e. The number of hydrogen-bond donors (Lipinski definition) is 0. The van der Waals surface area contributed by atoms with E-state index in [4.69, 9.17) is 14.0 Å². The molecule has 8 heteroatoms. The first-order chi connectivity index (χ1) is 13.8. The van der Waals surface area contributed by atoms with E-state index in [1.807, 2.05) is 28.8 Å². The SMILES string of the molecule is CC1(C)OB(c2ccc(N(/C=C/c3cccc4c3OCC4)SI)nc2)OC1(C)C. The molecule has 1 fully saturated rings. The Bertz CT molecular complexity index is 905. The van der Waals surface area contributed by atoms with Crippen LogP contribution in [0.15, 0.2) is 42.7 Å². The van der Waals surface area contributed by atoms with Gasteiger partial charge in [-0.05, 0) is 45.4 Å². The van der Waals surface area contributed by atoms with Crippen LogP contribution < -0.4 is 14.5 Å². The molecular formula is C21H24BIN2O3S. The van der Waals surface area contributed by atoms with E-state index in [1.165, 1.54) is 5.56 Å². The Balaban J connectivity index is 1.50. The average Bonchev–Trinajstić information content (AvgIpc) is 3.25. The number of fused-ring (bicyclic) bond motifs is 1. The van der Waals surface area contributed by atoms with Gasteiger partial charge in [-0.2, -0.15) is 0 Å². The van der Waals surface area contributed by atoms with E-state index in [1.54, 1.807) is 9.12 Å². The largest absolute Gasteiger partial charge is 0.496 e. The molecule has 1 aromatic heterocycles. The second-order valence-electron chi connectivity index (χ2n) is 8.18. The molecule has 4 rings (SSSR count). The first-order valence-electron chi connectivity index (χ1n) is 9.63. The van der Waals surface area contributed by atoms with Gasteiger partial charge in [0.2, 0.25) is 0 Å². The molecule has 2 aromatic rings. The minimum atomic E-state index is -0.401. The molecule has 152 valence electrons. The molecule has 3 heterocycles. The molecular weight excluding hydrogens is 498 g/mol. The number of nitrogens with zero attached hydrogens (tertiary/aromatic N) is 2. The summed E-state index contributed by atoms with van der Waals surface area (Å²) in [6.45, 7) is 8.97. The van der Waals surface area contributed by atoms with Crippen LogP contribution in [0.2, 0.25) is 0 Å². The maximum atomic E-state index is 6.11. The fourth-order valence-corrected chi connectivity index (χ4v) is 4.59. The third-order valence-electron chi connectivity index (χ3n) is 5.73. The number of rotatable bonds is 5. The fraction of sp³-hybridized carbons (Fsp3) is 0.381. The van der Waals surface area contributed by atoms with E-state index in [0.29, 0.717) is 0 Å². The summed E-state index contributed by atoms with van der Waals surface area (Å²) < 4.78 is 20.0. The van der Waals surface area contributed by atoms with Crippen molar-refractivity contribution in [3.63, 3.8) is 0 Å². The Morgan fingerprint density at radius 2 is 1.90 bits per heavy atom. The lowest BCUT2D eigenvalue weighted by molar-refractivity contribution is 0.00578. The molecule has 0 saturated carbocycles. The van der Waals surface area contributed by atoms with Gasteiger partial charge in [0.1, 0.15) is 11.6 Å². The first kappa shape index (κ1) is 21.0. The molecule has 0 aliphatic carbocycles. The van der Waals surface area contributed by atoms with Crippen molar-refractivity contribution in [1.82, 2.24) is 4.98 Å². The summed E-state index contributed by atoms with van der Waals surface area (Å²) in [4.78, 5) is 4.63. The zero-order valence-electron chi connectivity index (χ0n) is 17.0. The number of anilines is 1. The second kappa shape index (κ2) is 8.13. The van der Waals surface area contributed by atoms with Crippen LogP contribution in [0.3, 0.4) is 0 Å². The monoisotopic (exact) mass is 522 g/mol. The minimum Gasteiger partial charge on any atom is -0.492 e. The quantitative estimate of drug-likeness (QED) is 0.320. The molecule has 1 saturated heterocycles. The molecule has 5 nitrogen and oxygen atoms in total. The van der Waals surface area contributed by atoms with Gasteiger partial charge in [0, 0.05) is 60.2 Å². The van der Waals surface area contributed by atoms with Crippen LogP contribution in [0.25, 0.3) is 6.08 Å². The molecule has 2 aliphatic heterocycles. The summed E-state index contributed by atoms with van der Waals surface area (Å²) >= 11 is 2.26. The van der Waals surface area contributed by atoms with Crippen LogP contribution in [0, 0.1) is 0 Å². The van der Waals surface area contributed by atoms with Gasteiger partial charge >= 0.3 is 7.12 Å². The van der Waals surface area contributed by atoms with Crippen molar-refractivity contribution in [2.24, 2.45) is 0 Å². The van der Waals surface area contributed by atoms with Crippen LogP contribution in [0.5, 0.6) is 5.75 Å². The van der Waals surface area contributed by atoms with Gasteiger partial charge in [0.05, 0.1) is 17.8 Å². The summed E-state index contributed by atoms with van der Waals surface area (Å²) in [7, 11) is 1.16. The van der Waals surface area contributed by atoms with Crippen molar-refractivity contribution < 1.29 is 14.0 Å². The highest BCUT2D eigenvalue weighted by atomic mass is 127. The van der Waals surface area contributed by atoms with E-state index >= 15 is 0 Å². The van der Waals surface area contributed by atoms with Crippen molar-refractivity contribution in [2.75, 3.05) is 10.9 Å². The van der Waals surface area contributed by atoms with Gasteiger partial charge in [-0.15, -0.1) is 0 Å². The predicted octanol–water partition coefficient (Wildman–Crippen LogP) is 4.79. The van der Waals surface area contributed by atoms with Gasteiger partial charge in [-0.25, -0.2) is 4.98 Å². The first-order valence-corrected chi connectivity index (χ1v) is 12.9. The maximum absolute atomic E-state index is 6.11. The Hall–Kier alpha value is -1.23. The number of aromatic nitrogens is 1. The molecule has 0 radical (unpaired) electrons. The molecule has 1 aromatic carbocycles. The van der Waals surface area contributed by atoms with E-state index in [2.05, 4.69) is 78.2 Å². The van der Waals surface area contributed by atoms with Crippen molar-refractivity contribution in [2.45, 2.75) is 45.3 Å². The highest BCUT2D eigenvalue weighted by Gasteiger charge is 2.51. The Morgan fingerprint density at radius 3 is 2.55 bits per heavy atom. The van der Waals surface area contributed by atoms with Crippen molar-refractivity contribution in [3.8, 4) is 5.75 Å². The smallest absolute Gasteiger partial charge is 0.492 e. The van der Waals surface area contributed by atoms with Gasteiger partial charge < -0.3 is 14.0 Å². The molecule has 0 unspecified atom stereocenters. The standard InChI is InChI=1S/C21H24BIN2O3S/c1-20(2)21(3,4)28-22(27-20)17-8-9-18(24-14-17)25(29-23)12-10-15-6-5-7-16-11-13-26-19(15)16/h5-10,12,14H,11,13H2,1-4H3/b12-10+. The van der Waals surface area contributed by atoms with Gasteiger partial charge in [-0.1, -0.05) is 24.3 Å². The zero-order valence-corrected chi connectivity index (χ0v) is 20.0. The molecule has 0 bridgehead atoms. The van der Waals surface area contributed by atoms with Gasteiger partial charge in [-0.3, -0.25) is 4.31 Å². The molecule has 0 atom stereocenters. The lowest BCUT2D eigenvalue weighted by Gasteiger charge is -2.32. The number of ether oxygens (including phenoxy) is 1. The molecule has 0 amide bonds. The van der Waals surface area contributed by atoms with Crippen molar-refractivity contribution in [3.05, 3.63) is 53.9 Å². The van der Waals surface area contributed by atoms with E-state index in [9.17, 15) is 0 Å². The summed E-state index contributed by atoms with van der Waals surface area (Å²) in [5.74, 6) is 1.83. The lowest BCUT2D eigenvalue weighted by Crippen LogP contribution is -2.41. The van der Waals surface area contributed by atoms with E-state index < -0.39 is 7.12 Å². The van der Waals surface area contributed by atoms with Crippen LogP contribution in [-0.4, -0.2) is 29.9 Å². The second-order valence-corrected chi connectivity index (χ2v) is 9.90. The van der Waals surface area contributed by atoms with E-state index in [-0.39, 0.29) is 11.2 Å². The number of hydrogen-bond acceptors (Lipinski definition) is 6. The normalized spacial score (nSPS) is 19.4. The minimum absolute atomic E-state index is 0.360. The highest BCUT2D eigenvalue weighted by molar-refractivity contribution is 14.2. The van der Waals surface area contributed by atoms with Gasteiger partial charge in [0.15, 0.2) is 0 Å². The third-order valence-corrected chi connectivity index (χ3v) is 7.46. The van der Waals surface area contributed by atoms with Crippen LogP contribution in [0.1, 0.15) is 38.8 Å². The molecule has 0 spiro atoms. The molecule has 29 heavy (non-hydrogen) atoms. The summed E-state index contributed by atoms with van der Waals surface area (Å²) in [6.07, 6.45) is 6.89. The lowest BCUT2D eigenvalue weighted by atomic mass is 9.80. The van der Waals surface area contributed by atoms with E-state index in [0.717, 1.165) is 35.6 Å². The number of para-hydroxylation sites is 1. The highest BCUT2D eigenvalue weighted by Crippen LogP contribution is 2.37. The fourth-order valence-electron chi connectivity index (χ4n) is 3.30. The summed E-state index contributed by atoms with van der Waals surface area (Å²) in [6, 6.07) is 10.3. The zero-order chi connectivity index (χ0) is 20.6. The number of halogens is 1. The van der Waals surface area contributed by atoms with Crippen LogP contribution >= 0.6 is 30.3 Å².